The third-order valence-electron chi connectivity index (χ3n) is 2.87. The first kappa shape index (κ1) is 15.7. The van der Waals surface area contributed by atoms with Gasteiger partial charge in [-0.1, -0.05) is 41.9 Å². The van der Waals surface area contributed by atoms with Gasteiger partial charge < -0.3 is 5.73 Å². The number of amides is 2. The molecule has 2 aromatic rings. The van der Waals surface area contributed by atoms with Crippen LogP contribution < -0.4 is 11.2 Å². The number of nitrogens with two attached hydrogens (primary N) is 1. The molecule has 22 heavy (non-hydrogen) atoms. The van der Waals surface area contributed by atoms with Gasteiger partial charge in [0.15, 0.2) is 0 Å². The Kier molecular flexibility index (Phi) is 4.90. The number of primary amides is 1. The number of nitrogens with zero attached hydrogens (tertiary/aromatic N) is 3. The van der Waals surface area contributed by atoms with Crippen LogP contribution in [-0.2, 0) is 16.1 Å². The zero-order valence-electron chi connectivity index (χ0n) is 11.8. The molecule has 2 rings (SSSR count). The van der Waals surface area contributed by atoms with Crippen LogP contribution in [0.25, 0.3) is 0 Å². The number of hydrogen-bond acceptors (Lipinski definition) is 4. The number of halogens is 1. The highest BCUT2D eigenvalue weighted by Gasteiger charge is 2.12. The van der Waals surface area contributed by atoms with Crippen molar-refractivity contribution in [3.05, 3.63) is 52.3 Å². The first-order valence-corrected chi connectivity index (χ1v) is 6.76. The number of aryl methyl sites for hydroxylation is 1. The van der Waals surface area contributed by atoms with E-state index in [-0.39, 0.29) is 0 Å². The van der Waals surface area contributed by atoms with Gasteiger partial charge in [0.25, 0.3) is 0 Å². The number of carbonyl (C=O) groups is 2. The number of hydrogen-bond donors (Lipinski definition) is 2. The van der Waals surface area contributed by atoms with Crippen molar-refractivity contribution in [3.63, 3.8) is 0 Å². The molecule has 7 nitrogen and oxygen atoms in total. The molecular weight excluding hydrogens is 306 g/mol. The monoisotopic (exact) mass is 319 g/mol. The Balaban J connectivity index is 2.15. The number of rotatable bonds is 4. The Bertz CT molecular complexity index is 724. The van der Waals surface area contributed by atoms with Crippen molar-refractivity contribution in [2.24, 2.45) is 10.8 Å². The Morgan fingerprint density at radius 2 is 2.09 bits per heavy atom. The van der Waals surface area contributed by atoms with Crippen molar-refractivity contribution in [1.29, 1.82) is 0 Å². The van der Waals surface area contributed by atoms with E-state index in [1.165, 1.54) is 6.21 Å². The summed E-state index contributed by atoms with van der Waals surface area (Å²) in [5.41, 5.74) is 9.06. The quantitative estimate of drug-likeness (QED) is 0.495. The molecule has 0 aliphatic carbocycles. The molecule has 0 spiro atoms. The molecule has 0 unspecified atom stereocenters. The minimum atomic E-state index is -1.11. The van der Waals surface area contributed by atoms with Gasteiger partial charge in [0.2, 0.25) is 0 Å². The minimum absolute atomic E-state index is 0.387. The van der Waals surface area contributed by atoms with Crippen molar-refractivity contribution < 1.29 is 9.59 Å². The maximum Gasteiger partial charge on any atom is 0.329 e. The lowest BCUT2D eigenvalue weighted by Crippen LogP contribution is -2.32. The molecule has 1 aromatic carbocycles. The second-order valence-corrected chi connectivity index (χ2v) is 4.85. The van der Waals surface area contributed by atoms with E-state index in [0.29, 0.717) is 23.0 Å². The summed E-state index contributed by atoms with van der Waals surface area (Å²) >= 11 is 6.26. The van der Waals surface area contributed by atoms with Gasteiger partial charge in [-0.25, -0.2) is 10.1 Å². The molecule has 8 heteroatoms. The molecule has 0 atom stereocenters. The van der Waals surface area contributed by atoms with E-state index in [4.69, 9.17) is 17.3 Å². The zero-order valence-corrected chi connectivity index (χ0v) is 12.5. The molecular formula is C14H14ClN5O2. The first-order valence-electron chi connectivity index (χ1n) is 6.38. The normalized spacial score (nSPS) is 10.8. The van der Waals surface area contributed by atoms with Crippen LogP contribution >= 0.6 is 11.6 Å². The minimum Gasteiger partial charge on any atom is -0.361 e. The lowest BCUT2D eigenvalue weighted by atomic mass is 10.2. The molecule has 0 saturated carbocycles. The fourth-order valence-corrected chi connectivity index (χ4v) is 2.07. The summed E-state index contributed by atoms with van der Waals surface area (Å²) in [6.07, 6.45) is 1.33. The zero-order chi connectivity index (χ0) is 16.1. The predicted octanol–water partition coefficient (Wildman–Crippen LogP) is 0.829. The van der Waals surface area contributed by atoms with Crippen LogP contribution in [0.2, 0.25) is 5.15 Å². The lowest BCUT2D eigenvalue weighted by Gasteiger charge is -2.03. The Hall–Kier alpha value is -2.67. The van der Waals surface area contributed by atoms with Crippen molar-refractivity contribution in [3.8, 4) is 0 Å². The van der Waals surface area contributed by atoms with Gasteiger partial charge in [0.1, 0.15) is 5.15 Å². The van der Waals surface area contributed by atoms with Gasteiger partial charge in [0.05, 0.1) is 24.0 Å². The summed E-state index contributed by atoms with van der Waals surface area (Å²) in [4.78, 5) is 21.6. The molecule has 3 N–H and O–H groups in total. The standard InChI is InChI=1S/C14H14ClN5O2/c1-9-11(7-17-18-14(22)13(16)21)12(15)20(19-9)8-10-5-3-2-4-6-10/h2-7H,8H2,1H3,(H2,16,21)(H,18,22)/b17-7-. The van der Waals surface area contributed by atoms with Crippen molar-refractivity contribution in [2.75, 3.05) is 0 Å². The molecule has 0 aliphatic rings. The van der Waals surface area contributed by atoms with Gasteiger partial charge in [-0.05, 0) is 12.5 Å². The van der Waals surface area contributed by atoms with Crippen molar-refractivity contribution >= 4 is 29.6 Å². The van der Waals surface area contributed by atoms with Gasteiger partial charge in [-0.2, -0.15) is 10.2 Å². The average molecular weight is 320 g/mol. The fourth-order valence-electron chi connectivity index (χ4n) is 1.79. The van der Waals surface area contributed by atoms with E-state index in [0.717, 1.165) is 5.56 Å². The second-order valence-electron chi connectivity index (χ2n) is 4.50. The van der Waals surface area contributed by atoms with Gasteiger partial charge in [-0.3, -0.25) is 9.59 Å². The maximum absolute atomic E-state index is 11.0. The first-order chi connectivity index (χ1) is 10.5. The molecule has 0 aliphatic heterocycles. The maximum atomic E-state index is 11.0. The number of carbonyl (C=O) groups excluding carboxylic acids is 2. The summed E-state index contributed by atoms with van der Waals surface area (Å²) in [6.45, 7) is 2.28. The van der Waals surface area contributed by atoms with Crippen molar-refractivity contribution in [2.45, 2.75) is 13.5 Å². The number of aromatic nitrogens is 2. The third-order valence-corrected chi connectivity index (χ3v) is 3.27. The Morgan fingerprint density at radius 1 is 1.41 bits per heavy atom. The molecule has 0 radical (unpaired) electrons. The molecule has 0 saturated heterocycles. The summed E-state index contributed by atoms with van der Waals surface area (Å²) in [7, 11) is 0. The van der Waals surface area contributed by atoms with Gasteiger partial charge in [-0.15, -0.1) is 0 Å². The van der Waals surface area contributed by atoms with Crippen LogP contribution in [0.3, 0.4) is 0 Å². The van der Waals surface area contributed by atoms with E-state index >= 15 is 0 Å². The fraction of sp³-hybridized carbons (Fsp3) is 0.143. The summed E-state index contributed by atoms with van der Waals surface area (Å²) in [5, 5.41) is 8.36. The Morgan fingerprint density at radius 3 is 2.73 bits per heavy atom. The van der Waals surface area contributed by atoms with Crippen LogP contribution in [0, 0.1) is 6.92 Å². The summed E-state index contributed by atoms with van der Waals surface area (Å²) in [6, 6.07) is 9.73. The van der Waals surface area contributed by atoms with E-state index < -0.39 is 11.8 Å². The average Bonchev–Trinajstić information content (AvgIpc) is 2.75. The SMILES string of the molecule is Cc1nn(Cc2ccccc2)c(Cl)c1/C=N\NC(=O)C(N)=O. The topological polar surface area (TPSA) is 102 Å². The smallest absolute Gasteiger partial charge is 0.329 e. The number of hydrazone groups is 1. The highest BCUT2D eigenvalue weighted by molar-refractivity contribution is 6.34. The van der Waals surface area contributed by atoms with Crippen LogP contribution in [0.1, 0.15) is 16.8 Å². The molecule has 2 amide bonds. The number of nitrogens with one attached hydrogen (secondary N) is 1. The van der Waals surface area contributed by atoms with E-state index in [9.17, 15) is 9.59 Å². The van der Waals surface area contributed by atoms with Crippen LogP contribution in [0.5, 0.6) is 0 Å². The number of benzene rings is 1. The lowest BCUT2D eigenvalue weighted by molar-refractivity contribution is -0.137. The van der Waals surface area contributed by atoms with Crippen molar-refractivity contribution in [1.82, 2.24) is 15.2 Å². The van der Waals surface area contributed by atoms with Crippen LogP contribution in [0.15, 0.2) is 35.4 Å². The highest BCUT2D eigenvalue weighted by atomic mass is 35.5. The summed E-state index contributed by atoms with van der Waals surface area (Å²) in [5.74, 6) is -2.11. The van der Waals surface area contributed by atoms with Crippen LogP contribution in [-0.4, -0.2) is 27.8 Å². The largest absolute Gasteiger partial charge is 0.361 e. The predicted molar refractivity (Wildman–Crippen MR) is 82.4 cm³/mol. The third kappa shape index (κ3) is 3.70. The summed E-state index contributed by atoms with van der Waals surface area (Å²) < 4.78 is 1.63. The van der Waals surface area contributed by atoms with E-state index in [1.54, 1.807) is 11.6 Å². The molecule has 114 valence electrons. The van der Waals surface area contributed by atoms with E-state index in [1.807, 2.05) is 35.8 Å². The second kappa shape index (κ2) is 6.86. The molecule has 1 aromatic heterocycles. The Labute approximate surface area is 131 Å². The molecule has 1 heterocycles. The van der Waals surface area contributed by atoms with Gasteiger partial charge >= 0.3 is 11.8 Å². The molecule has 0 bridgehead atoms. The highest BCUT2D eigenvalue weighted by Crippen LogP contribution is 2.19. The molecule has 0 fully saturated rings. The van der Waals surface area contributed by atoms with E-state index in [2.05, 4.69) is 10.2 Å². The van der Waals surface area contributed by atoms with Crippen LogP contribution in [0.4, 0.5) is 0 Å². The van der Waals surface area contributed by atoms with Gasteiger partial charge in [0, 0.05) is 0 Å².